The summed E-state index contributed by atoms with van der Waals surface area (Å²) in [6.07, 6.45) is 3.52. The fourth-order valence-electron chi connectivity index (χ4n) is 5.80. The molecular weight excluding hydrogens is 636 g/mol. The van der Waals surface area contributed by atoms with Crippen molar-refractivity contribution in [1.82, 2.24) is 20.7 Å². The average Bonchev–Trinajstić information content (AvgIpc) is 3.30. The summed E-state index contributed by atoms with van der Waals surface area (Å²) in [6, 6.07) is -2.17. The van der Waals surface area contributed by atoms with Gasteiger partial charge < -0.3 is 31.2 Å². The maximum absolute atomic E-state index is 13.4. The fourth-order valence-corrected chi connectivity index (χ4v) is 7.33. The Balaban J connectivity index is 1.97. The minimum atomic E-state index is -4.08. The summed E-state index contributed by atoms with van der Waals surface area (Å²) in [4.78, 5) is 38.7. The normalized spacial score (nSPS) is 15.7. The van der Waals surface area contributed by atoms with Gasteiger partial charge in [-0.2, -0.15) is 0 Å². The van der Waals surface area contributed by atoms with E-state index >= 15 is 0 Å². The number of nitrogens with two attached hydrogens (primary N) is 1. The summed E-state index contributed by atoms with van der Waals surface area (Å²) in [7, 11) is -4.08. The first kappa shape index (κ1) is 40.8. The van der Waals surface area contributed by atoms with Crippen LogP contribution in [0.2, 0.25) is 0 Å². The van der Waals surface area contributed by atoms with Gasteiger partial charge in [-0.25, -0.2) is 13.1 Å². The van der Waals surface area contributed by atoms with Crippen molar-refractivity contribution in [1.29, 1.82) is 5.41 Å². The molecule has 1 aromatic rings. The second-order valence-electron chi connectivity index (χ2n) is 14.4. The second kappa shape index (κ2) is 16.8. The van der Waals surface area contributed by atoms with E-state index < -0.39 is 57.1 Å². The third-order valence-electron chi connectivity index (χ3n) is 8.39. The first-order valence-electron chi connectivity index (χ1n) is 16.8. The van der Waals surface area contributed by atoms with E-state index in [0.717, 1.165) is 36.1 Å². The molecule has 2 amide bonds. The Kier molecular flexibility index (Phi) is 14.3. The summed E-state index contributed by atoms with van der Waals surface area (Å²) in [5.41, 5.74) is 7.69. The number of rotatable bonds is 16. The highest BCUT2D eigenvalue weighted by atomic mass is 32.2. The first-order valence-corrected chi connectivity index (χ1v) is 18.3. The van der Waals surface area contributed by atoms with Gasteiger partial charge in [-0.3, -0.25) is 19.8 Å². The van der Waals surface area contributed by atoms with E-state index in [0.29, 0.717) is 30.5 Å². The molecule has 1 aliphatic heterocycles. The number of benzene rings is 1. The molecule has 3 atom stereocenters. The molecule has 14 heteroatoms. The Morgan fingerprint density at radius 3 is 2.25 bits per heavy atom. The maximum Gasteiger partial charge on any atom is 0.308 e. The molecule has 3 unspecified atom stereocenters. The number of nitrogens with one attached hydrogen (secondary N) is 5. The quantitative estimate of drug-likeness (QED) is 0.0649. The minimum Gasteiger partial charge on any atom is -0.487 e. The number of guanidine groups is 1. The minimum absolute atomic E-state index is 0.130. The van der Waals surface area contributed by atoms with Gasteiger partial charge in [0.05, 0.1) is 17.4 Å². The van der Waals surface area contributed by atoms with E-state index in [1.807, 2.05) is 27.7 Å². The van der Waals surface area contributed by atoms with Crippen molar-refractivity contribution < 1.29 is 32.3 Å². The van der Waals surface area contributed by atoms with Crippen molar-refractivity contribution in [3.8, 4) is 5.75 Å². The first-order chi connectivity index (χ1) is 22.1. The standard InChI is InChI=1S/C34H58N6O7S/c1-11-14-23(12-2)19-38-31(43)26(17-27(41)46-33(6,7)8)39-30(42)25(35)15-13-16-37-32(36)40-48(44,45)29-21(4)20(3)28-24(22(29)5)18-34(9,10)47-28/h23,25-26H,11-19,35H2,1-10H3,(H,38,43)(H,39,42)(H3,36,37,40). The van der Waals surface area contributed by atoms with Gasteiger partial charge in [-0.1, -0.05) is 26.7 Å². The maximum atomic E-state index is 13.4. The summed E-state index contributed by atoms with van der Waals surface area (Å²) in [5, 5.41) is 16.4. The number of esters is 1. The predicted octanol–water partition coefficient (Wildman–Crippen LogP) is 3.39. The van der Waals surface area contributed by atoms with Crippen LogP contribution in [0.4, 0.5) is 0 Å². The van der Waals surface area contributed by atoms with Crippen molar-refractivity contribution in [2.75, 3.05) is 13.1 Å². The number of hydrogen-bond acceptors (Lipinski definition) is 9. The number of ether oxygens (including phenoxy) is 2. The van der Waals surface area contributed by atoms with Crippen LogP contribution in [0, 0.1) is 32.1 Å². The van der Waals surface area contributed by atoms with Gasteiger partial charge in [0.25, 0.3) is 10.0 Å². The zero-order valence-corrected chi connectivity index (χ0v) is 31.3. The van der Waals surface area contributed by atoms with Crippen molar-refractivity contribution in [3.63, 3.8) is 0 Å². The molecule has 0 radical (unpaired) electrons. The molecule has 1 heterocycles. The molecule has 0 aromatic heterocycles. The summed E-state index contributed by atoms with van der Waals surface area (Å²) in [6.45, 7) is 19.1. The summed E-state index contributed by atoms with van der Waals surface area (Å²) < 4.78 is 40.6. The lowest BCUT2D eigenvalue weighted by atomic mass is 9.94. The van der Waals surface area contributed by atoms with Gasteiger partial charge in [-0.15, -0.1) is 0 Å². The van der Waals surface area contributed by atoms with Crippen LogP contribution in [0.5, 0.6) is 5.75 Å². The van der Waals surface area contributed by atoms with Crippen LogP contribution in [-0.4, -0.2) is 68.5 Å². The third-order valence-corrected chi connectivity index (χ3v) is 10.0. The van der Waals surface area contributed by atoms with Crippen molar-refractivity contribution >= 4 is 33.8 Å². The molecule has 272 valence electrons. The number of amides is 2. The molecule has 0 fully saturated rings. The van der Waals surface area contributed by atoms with Gasteiger partial charge in [0.1, 0.15) is 23.0 Å². The molecule has 0 saturated heterocycles. The molecule has 0 aliphatic carbocycles. The number of carbonyl (C=O) groups is 3. The van der Waals surface area contributed by atoms with Crippen LogP contribution in [0.15, 0.2) is 4.90 Å². The van der Waals surface area contributed by atoms with Crippen LogP contribution >= 0.6 is 0 Å². The highest BCUT2D eigenvalue weighted by molar-refractivity contribution is 7.90. The van der Waals surface area contributed by atoms with E-state index in [1.54, 1.807) is 34.6 Å². The smallest absolute Gasteiger partial charge is 0.308 e. The lowest BCUT2D eigenvalue weighted by molar-refractivity contribution is -0.156. The Bertz CT molecular complexity index is 1450. The zero-order valence-electron chi connectivity index (χ0n) is 30.4. The molecule has 1 aromatic carbocycles. The molecule has 1 aliphatic rings. The van der Waals surface area contributed by atoms with Crippen LogP contribution in [0.3, 0.4) is 0 Å². The molecule has 2 rings (SSSR count). The van der Waals surface area contributed by atoms with Crippen molar-refractivity contribution in [2.24, 2.45) is 11.7 Å². The number of carbonyl (C=O) groups excluding carboxylic acids is 3. The molecule has 7 N–H and O–H groups in total. The Morgan fingerprint density at radius 2 is 1.67 bits per heavy atom. The van der Waals surface area contributed by atoms with Gasteiger partial charge in [0, 0.05) is 25.1 Å². The Labute approximate surface area is 286 Å². The van der Waals surface area contributed by atoms with Gasteiger partial charge in [0.15, 0.2) is 0 Å². The van der Waals surface area contributed by atoms with Crippen molar-refractivity contribution in [2.45, 2.75) is 142 Å². The summed E-state index contributed by atoms with van der Waals surface area (Å²) >= 11 is 0. The summed E-state index contributed by atoms with van der Waals surface area (Å²) in [5.74, 6) is -1.14. The highest BCUT2D eigenvalue weighted by Crippen LogP contribution is 2.43. The van der Waals surface area contributed by atoms with Gasteiger partial charge >= 0.3 is 5.97 Å². The lowest BCUT2D eigenvalue weighted by Gasteiger charge is -2.24. The van der Waals surface area contributed by atoms with Crippen LogP contribution in [0.25, 0.3) is 0 Å². The Hall–Kier alpha value is -3.39. The number of hydrogen-bond donors (Lipinski definition) is 6. The van der Waals surface area contributed by atoms with Gasteiger partial charge in [0.2, 0.25) is 17.8 Å². The molecule has 0 spiro atoms. The third kappa shape index (κ3) is 11.6. The molecule has 0 bridgehead atoms. The van der Waals surface area contributed by atoms with Crippen LogP contribution in [0.1, 0.15) is 109 Å². The zero-order chi connectivity index (χ0) is 36.6. The number of sulfonamides is 1. The molecule has 13 nitrogen and oxygen atoms in total. The van der Waals surface area contributed by atoms with Gasteiger partial charge in [-0.05, 0) is 97.3 Å². The van der Waals surface area contributed by atoms with Crippen LogP contribution < -0.4 is 31.1 Å². The monoisotopic (exact) mass is 694 g/mol. The SMILES string of the molecule is CCCC(CC)CNC(=O)C(CC(=O)OC(C)(C)C)NC(=O)C(N)CCCNC(=N)NS(=O)(=O)c1c(C)c(C)c2c(c1C)CC(C)(C)O2. The fraction of sp³-hybridized carbons (Fsp3) is 0.706. The average molecular weight is 695 g/mol. The highest BCUT2D eigenvalue weighted by Gasteiger charge is 2.37. The van der Waals surface area contributed by atoms with Crippen molar-refractivity contribution in [3.05, 3.63) is 22.3 Å². The molecular formula is C34H58N6O7S. The van der Waals surface area contributed by atoms with E-state index in [-0.39, 0.29) is 30.2 Å². The van der Waals surface area contributed by atoms with Crippen LogP contribution in [-0.2, 0) is 35.6 Å². The predicted molar refractivity (Wildman–Crippen MR) is 186 cm³/mol. The number of fused-ring (bicyclic) bond motifs is 1. The molecule has 48 heavy (non-hydrogen) atoms. The van der Waals surface area contributed by atoms with E-state index in [1.165, 1.54) is 0 Å². The Morgan fingerprint density at radius 1 is 1.02 bits per heavy atom. The van der Waals surface area contributed by atoms with E-state index in [9.17, 15) is 22.8 Å². The largest absolute Gasteiger partial charge is 0.487 e. The topological polar surface area (TPSA) is 202 Å². The lowest BCUT2D eigenvalue weighted by Crippen LogP contribution is -2.53. The van der Waals surface area contributed by atoms with E-state index in [2.05, 4.69) is 27.6 Å². The second-order valence-corrected chi connectivity index (χ2v) is 16.0. The molecule has 0 saturated carbocycles. The van der Waals surface area contributed by atoms with E-state index in [4.69, 9.17) is 20.6 Å².